The van der Waals surface area contributed by atoms with Gasteiger partial charge >= 0.3 is 0 Å². The van der Waals surface area contributed by atoms with Crippen LogP contribution < -0.4 is 10.0 Å². The maximum absolute atomic E-state index is 12.6. The fraction of sp³-hybridized carbons (Fsp3) is 0.240. The number of carbonyl (C=O) groups excluding carboxylic acids is 1. The van der Waals surface area contributed by atoms with Crippen LogP contribution in [0.25, 0.3) is 0 Å². The molecular formula is C25H29N3O3S. The lowest BCUT2D eigenvalue weighted by atomic mass is 10.2. The monoisotopic (exact) mass is 451 g/mol. The van der Waals surface area contributed by atoms with Crippen LogP contribution in [0.4, 0.5) is 5.69 Å². The van der Waals surface area contributed by atoms with Crippen molar-refractivity contribution in [3.05, 3.63) is 95.6 Å². The molecule has 0 atom stereocenters. The Morgan fingerprint density at radius 1 is 0.906 bits per heavy atom. The molecule has 0 saturated carbocycles. The number of benzene rings is 3. The second kappa shape index (κ2) is 10.9. The number of amides is 1. The minimum atomic E-state index is -3.72. The number of hydrogen-bond donors (Lipinski definition) is 2. The Morgan fingerprint density at radius 2 is 1.56 bits per heavy atom. The molecule has 0 aromatic heterocycles. The first-order valence-electron chi connectivity index (χ1n) is 10.5. The molecule has 3 rings (SSSR count). The summed E-state index contributed by atoms with van der Waals surface area (Å²) in [6, 6.07) is 23.4. The Hall–Kier alpha value is -3.16. The summed E-state index contributed by atoms with van der Waals surface area (Å²) in [4.78, 5) is 14.7. The molecule has 0 bridgehead atoms. The molecule has 7 heteroatoms. The molecule has 0 saturated heterocycles. The molecule has 32 heavy (non-hydrogen) atoms. The summed E-state index contributed by atoms with van der Waals surface area (Å²) in [5, 5.41) is 2.89. The number of nitrogens with one attached hydrogen (secondary N) is 2. The van der Waals surface area contributed by atoms with Gasteiger partial charge in [0.2, 0.25) is 0 Å². The molecule has 3 aromatic rings. The van der Waals surface area contributed by atoms with Crippen LogP contribution in [0.1, 0.15) is 27.9 Å². The van der Waals surface area contributed by atoms with Gasteiger partial charge in [-0.1, -0.05) is 48.5 Å². The zero-order chi connectivity index (χ0) is 23.0. The number of para-hydroxylation sites is 1. The maximum atomic E-state index is 12.6. The topological polar surface area (TPSA) is 78.5 Å². The summed E-state index contributed by atoms with van der Waals surface area (Å²) in [5.41, 5.74) is 3.05. The van der Waals surface area contributed by atoms with Gasteiger partial charge in [0, 0.05) is 18.7 Å². The lowest BCUT2D eigenvalue weighted by Crippen LogP contribution is -2.28. The van der Waals surface area contributed by atoms with Crippen molar-refractivity contribution in [3.63, 3.8) is 0 Å². The maximum Gasteiger partial charge on any atom is 0.261 e. The van der Waals surface area contributed by atoms with Gasteiger partial charge in [-0.2, -0.15) is 0 Å². The highest BCUT2D eigenvalue weighted by atomic mass is 32.2. The zero-order valence-corrected chi connectivity index (χ0v) is 19.2. The van der Waals surface area contributed by atoms with Gasteiger partial charge in [0.15, 0.2) is 0 Å². The molecule has 0 heterocycles. The van der Waals surface area contributed by atoms with E-state index in [2.05, 4.69) is 34.1 Å². The van der Waals surface area contributed by atoms with Crippen LogP contribution in [0, 0.1) is 6.92 Å². The van der Waals surface area contributed by atoms with E-state index < -0.39 is 10.0 Å². The predicted octanol–water partition coefficient (Wildman–Crippen LogP) is 4.05. The lowest BCUT2D eigenvalue weighted by Gasteiger charge is -2.16. The van der Waals surface area contributed by atoms with Crippen molar-refractivity contribution in [2.24, 2.45) is 0 Å². The van der Waals surface area contributed by atoms with Crippen molar-refractivity contribution < 1.29 is 13.2 Å². The molecular weight excluding hydrogens is 422 g/mol. The van der Waals surface area contributed by atoms with Gasteiger partial charge in [0.25, 0.3) is 15.9 Å². The normalized spacial score (nSPS) is 11.3. The zero-order valence-electron chi connectivity index (χ0n) is 18.4. The van der Waals surface area contributed by atoms with Crippen molar-refractivity contribution in [1.82, 2.24) is 10.2 Å². The van der Waals surface area contributed by atoms with Crippen LogP contribution in [0.2, 0.25) is 0 Å². The van der Waals surface area contributed by atoms with Crippen LogP contribution in [-0.2, 0) is 16.6 Å². The molecule has 0 fully saturated rings. The largest absolute Gasteiger partial charge is 0.352 e. The van der Waals surface area contributed by atoms with Crippen molar-refractivity contribution in [3.8, 4) is 0 Å². The third-order valence-electron chi connectivity index (χ3n) is 5.11. The SMILES string of the molecule is Cc1ccccc1NS(=O)(=O)c1ccc(C(=O)NCCCN(C)Cc2ccccc2)cc1. The molecule has 168 valence electrons. The standard InChI is InChI=1S/C25H29N3O3S/c1-20-9-6-7-12-24(20)27-32(30,31)23-15-13-22(14-16-23)25(29)26-17-8-18-28(2)19-21-10-4-3-5-11-21/h3-7,9-16,27H,8,17-19H2,1-2H3,(H,26,29). The second-order valence-electron chi connectivity index (χ2n) is 7.78. The van der Waals surface area contributed by atoms with Gasteiger partial charge in [0.1, 0.15) is 0 Å². The van der Waals surface area contributed by atoms with Gasteiger partial charge in [-0.25, -0.2) is 8.42 Å². The quantitative estimate of drug-likeness (QED) is 0.456. The first-order chi connectivity index (χ1) is 15.3. The van der Waals surface area contributed by atoms with Crippen LogP contribution >= 0.6 is 0 Å². The Labute approximate surface area is 190 Å². The molecule has 0 radical (unpaired) electrons. The van der Waals surface area contributed by atoms with Crippen molar-refractivity contribution in [2.75, 3.05) is 24.9 Å². The molecule has 3 aromatic carbocycles. The Morgan fingerprint density at radius 3 is 2.25 bits per heavy atom. The van der Waals surface area contributed by atoms with E-state index >= 15 is 0 Å². The second-order valence-corrected chi connectivity index (χ2v) is 9.46. The van der Waals surface area contributed by atoms with E-state index in [4.69, 9.17) is 0 Å². The third-order valence-corrected chi connectivity index (χ3v) is 6.50. The van der Waals surface area contributed by atoms with Crippen LogP contribution in [0.5, 0.6) is 0 Å². The van der Waals surface area contributed by atoms with Gasteiger partial charge in [-0.3, -0.25) is 9.52 Å². The van der Waals surface area contributed by atoms with E-state index in [0.717, 1.165) is 25.1 Å². The average Bonchev–Trinajstić information content (AvgIpc) is 2.79. The van der Waals surface area contributed by atoms with Gasteiger partial charge in [0.05, 0.1) is 10.6 Å². The van der Waals surface area contributed by atoms with Gasteiger partial charge in [-0.15, -0.1) is 0 Å². The number of anilines is 1. The minimum absolute atomic E-state index is 0.111. The summed E-state index contributed by atoms with van der Waals surface area (Å²) < 4.78 is 27.8. The van der Waals surface area contributed by atoms with Crippen LogP contribution in [0.15, 0.2) is 83.8 Å². The van der Waals surface area contributed by atoms with E-state index in [1.165, 1.54) is 29.8 Å². The molecule has 0 unspecified atom stereocenters. The Balaban J connectivity index is 1.48. The minimum Gasteiger partial charge on any atom is -0.352 e. The number of carbonyl (C=O) groups is 1. The smallest absolute Gasteiger partial charge is 0.261 e. The fourth-order valence-corrected chi connectivity index (χ4v) is 4.43. The van der Waals surface area contributed by atoms with Gasteiger partial charge < -0.3 is 10.2 Å². The number of sulfonamides is 1. The Bertz CT molecular complexity index is 1130. The molecule has 0 aliphatic rings. The van der Waals surface area contributed by atoms with Crippen molar-refractivity contribution in [2.45, 2.75) is 24.8 Å². The van der Waals surface area contributed by atoms with E-state index in [1.54, 1.807) is 12.1 Å². The van der Waals surface area contributed by atoms with Crippen LogP contribution in [0.3, 0.4) is 0 Å². The van der Waals surface area contributed by atoms with E-state index in [1.807, 2.05) is 37.3 Å². The van der Waals surface area contributed by atoms with Crippen molar-refractivity contribution >= 4 is 21.6 Å². The summed E-state index contributed by atoms with van der Waals surface area (Å²) >= 11 is 0. The summed E-state index contributed by atoms with van der Waals surface area (Å²) in [7, 11) is -1.67. The number of aryl methyl sites for hydroxylation is 1. The lowest BCUT2D eigenvalue weighted by molar-refractivity contribution is 0.0951. The molecule has 1 amide bonds. The Kier molecular flexibility index (Phi) is 8.03. The highest BCUT2D eigenvalue weighted by Crippen LogP contribution is 2.19. The molecule has 6 nitrogen and oxygen atoms in total. The first kappa shape index (κ1) is 23.5. The molecule has 0 aliphatic heterocycles. The number of hydrogen-bond acceptors (Lipinski definition) is 4. The van der Waals surface area contributed by atoms with Crippen molar-refractivity contribution in [1.29, 1.82) is 0 Å². The van der Waals surface area contributed by atoms with Gasteiger partial charge in [-0.05, 0) is 68.4 Å². The predicted molar refractivity (Wildman–Crippen MR) is 128 cm³/mol. The number of rotatable bonds is 10. The third kappa shape index (κ3) is 6.67. The molecule has 2 N–H and O–H groups in total. The summed E-state index contributed by atoms with van der Waals surface area (Å²) in [6.45, 7) is 4.11. The first-order valence-corrected chi connectivity index (χ1v) is 12.0. The highest BCUT2D eigenvalue weighted by Gasteiger charge is 2.16. The molecule has 0 spiro atoms. The fourth-order valence-electron chi connectivity index (χ4n) is 3.30. The molecule has 0 aliphatic carbocycles. The highest BCUT2D eigenvalue weighted by molar-refractivity contribution is 7.92. The van der Waals surface area contributed by atoms with E-state index in [0.29, 0.717) is 17.8 Å². The van der Waals surface area contributed by atoms with E-state index in [9.17, 15) is 13.2 Å². The number of nitrogens with zero attached hydrogens (tertiary/aromatic N) is 1. The average molecular weight is 452 g/mol. The van der Waals surface area contributed by atoms with E-state index in [-0.39, 0.29) is 10.8 Å². The van der Waals surface area contributed by atoms with Crippen LogP contribution in [-0.4, -0.2) is 39.4 Å². The summed E-state index contributed by atoms with van der Waals surface area (Å²) in [5.74, 6) is -0.216. The summed E-state index contributed by atoms with van der Waals surface area (Å²) in [6.07, 6.45) is 0.821.